The average molecular weight is 333 g/mol. The van der Waals surface area contributed by atoms with Gasteiger partial charge in [-0.15, -0.1) is 10.2 Å². The van der Waals surface area contributed by atoms with Crippen molar-refractivity contribution in [3.63, 3.8) is 0 Å². The molecule has 120 valence electrons. The van der Waals surface area contributed by atoms with Crippen LogP contribution in [0.5, 0.6) is 0 Å². The summed E-state index contributed by atoms with van der Waals surface area (Å²) in [5, 5.41) is 14.7. The lowest BCUT2D eigenvalue weighted by Gasteiger charge is -2.22. The Morgan fingerprint density at radius 2 is 2.00 bits per heavy atom. The van der Waals surface area contributed by atoms with Gasteiger partial charge in [0.05, 0.1) is 0 Å². The van der Waals surface area contributed by atoms with Gasteiger partial charge in [-0.1, -0.05) is 17.7 Å². The first-order valence-corrected chi connectivity index (χ1v) is 7.83. The van der Waals surface area contributed by atoms with Crippen LogP contribution in [0.4, 0.5) is 11.5 Å². The second-order valence-corrected chi connectivity index (χ2v) is 5.74. The fourth-order valence-corrected chi connectivity index (χ4v) is 2.53. The first kappa shape index (κ1) is 15.7. The monoisotopic (exact) mass is 332 g/mol. The number of anilines is 2. The lowest BCUT2D eigenvalue weighted by atomic mass is 10.1. The highest BCUT2D eigenvalue weighted by Crippen LogP contribution is 2.18. The van der Waals surface area contributed by atoms with E-state index in [1.807, 2.05) is 12.1 Å². The van der Waals surface area contributed by atoms with Gasteiger partial charge in [-0.3, -0.25) is 4.79 Å². The number of benzene rings is 1. The zero-order valence-electron chi connectivity index (χ0n) is 12.5. The van der Waals surface area contributed by atoms with E-state index in [2.05, 4.69) is 20.8 Å². The van der Waals surface area contributed by atoms with Gasteiger partial charge in [-0.25, -0.2) is 0 Å². The van der Waals surface area contributed by atoms with Crippen LogP contribution in [-0.4, -0.2) is 35.4 Å². The summed E-state index contributed by atoms with van der Waals surface area (Å²) in [6.07, 6.45) is 1.65. The van der Waals surface area contributed by atoms with E-state index in [9.17, 15) is 4.79 Å². The van der Waals surface area contributed by atoms with E-state index in [1.165, 1.54) is 0 Å². The van der Waals surface area contributed by atoms with Crippen LogP contribution in [-0.2, 0) is 4.74 Å². The molecule has 3 rings (SSSR count). The molecule has 0 radical (unpaired) electrons. The molecule has 2 aromatic rings. The molecule has 1 aliphatic heterocycles. The number of nitrogens with one attached hydrogen (secondary N) is 2. The highest BCUT2D eigenvalue weighted by Gasteiger charge is 2.17. The van der Waals surface area contributed by atoms with Crippen molar-refractivity contribution in [3.05, 3.63) is 47.1 Å². The standard InChI is InChI=1S/C16H17ClN4O2/c17-11-2-1-3-13(10-11)18-15-5-4-14(20-21-15)16(22)19-12-6-8-23-9-7-12/h1-5,10,12H,6-9H2,(H,18,21)(H,19,22). The highest BCUT2D eigenvalue weighted by molar-refractivity contribution is 6.30. The van der Waals surface area contributed by atoms with E-state index >= 15 is 0 Å². The summed E-state index contributed by atoms with van der Waals surface area (Å²) in [5.41, 5.74) is 1.11. The molecule has 0 atom stereocenters. The van der Waals surface area contributed by atoms with Crippen molar-refractivity contribution >= 4 is 29.0 Å². The van der Waals surface area contributed by atoms with Crippen molar-refractivity contribution < 1.29 is 9.53 Å². The second kappa shape index (κ2) is 7.39. The third-order valence-corrected chi connectivity index (χ3v) is 3.79. The predicted molar refractivity (Wildman–Crippen MR) is 88.1 cm³/mol. The number of hydrogen-bond donors (Lipinski definition) is 2. The Morgan fingerprint density at radius 3 is 2.70 bits per heavy atom. The minimum atomic E-state index is -0.210. The third kappa shape index (κ3) is 4.40. The molecule has 23 heavy (non-hydrogen) atoms. The minimum Gasteiger partial charge on any atom is -0.381 e. The summed E-state index contributed by atoms with van der Waals surface area (Å²) >= 11 is 5.93. The number of carbonyl (C=O) groups excluding carboxylic acids is 1. The van der Waals surface area contributed by atoms with Crippen molar-refractivity contribution in [2.24, 2.45) is 0 Å². The van der Waals surface area contributed by atoms with Gasteiger partial charge in [-0.2, -0.15) is 0 Å². The molecule has 1 fully saturated rings. The van der Waals surface area contributed by atoms with Crippen molar-refractivity contribution in [2.75, 3.05) is 18.5 Å². The Bertz CT molecular complexity index is 672. The number of nitrogens with zero attached hydrogens (tertiary/aromatic N) is 2. The van der Waals surface area contributed by atoms with E-state index in [-0.39, 0.29) is 11.9 Å². The molecule has 2 heterocycles. The van der Waals surface area contributed by atoms with Crippen LogP contribution < -0.4 is 10.6 Å². The van der Waals surface area contributed by atoms with Crippen LogP contribution in [0.1, 0.15) is 23.3 Å². The quantitative estimate of drug-likeness (QED) is 0.900. The van der Waals surface area contributed by atoms with Crippen LogP contribution in [0.3, 0.4) is 0 Å². The number of halogens is 1. The van der Waals surface area contributed by atoms with Gasteiger partial charge < -0.3 is 15.4 Å². The number of amides is 1. The normalized spacial score (nSPS) is 15.2. The minimum absolute atomic E-state index is 0.141. The lowest BCUT2D eigenvalue weighted by Crippen LogP contribution is -2.39. The molecule has 0 unspecified atom stereocenters. The maximum atomic E-state index is 12.1. The van der Waals surface area contributed by atoms with Gasteiger partial charge in [0.2, 0.25) is 0 Å². The Kier molecular flexibility index (Phi) is 5.05. The molecule has 0 aliphatic carbocycles. The molecule has 0 bridgehead atoms. The van der Waals surface area contributed by atoms with Crippen LogP contribution in [0.15, 0.2) is 36.4 Å². The van der Waals surface area contributed by atoms with Gasteiger partial charge >= 0.3 is 0 Å². The number of hydrogen-bond acceptors (Lipinski definition) is 5. The van der Waals surface area contributed by atoms with Crippen LogP contribution in [0, 0.1) is 0 Å². The van der Waals surface area contributed by atoms with Crippen LogP contribution in [0.25, 0.3) is 0 Å². The van der Waals surface area contributed by atoms with Gasteiger partial charge in [0.15, 0.2) is 11.5 Å². The van der Waals surface area contributed by atoms with Crippen molar-refractivity contribution in [1.29, 1.82) is 0 Å². The number of carbonyl (C=O) groups is 1. The van der Waals surface area contributed by atoms with E-state index < -0.39 is 0 Å². The molecular formula is C16H17ClN4O2. The molecule has 1 amide bonds. The van der Waals surface area contributed by atoms with Gasteiger partial charge in [-0.05, 0) is 43.2 Å². The fourth-order valence-electron chi connectivity index (χ4n) is 2.34. The molecule has 2 N–H and O–H groups in total. The predicted octanol–water partition coefficient (Wildman–Crippen LogP) is 2.78. The smallest absolute Gasteiger partial charge is 0.272 e. The summed E-state index contributed by atoms with van der Waals surface area (Å²) in [7, 11) is 0. The van der Waals surface area contributed by atoms with E-state index in [0.29, 0.717) is 29.7 Å². The average Bonchev–Trinajstić information content (AvgIpc) is 2.56. The molecule has 0 spiro atoms. The number of ether oxygens (including phenoxy) is 1. The largest absolute Gasteiger partial charge is 0.381 e. The second-order valence-electron chi connectivity index (χ2n) is 5.30. The topological polar surface area (TPSA) is 76.1 Å². The van der Waals surface area contributed by atoms with Crippen LogP contribution >= 0.6 is 11.6 Å². The van der Waals surface area contributed by atoms with E-state index in [0.717, 1.165) is 18.5 Å². The summed E-state index contributed by atoms with van der Waals surface area (Å²) in [4.78, 5) is 12.1. The Morgan fingerprint density at radius 1 is 1.17 bits per heavy atom. The van der Waals surface area contributed by atoms with E-state index in [4.69, 9.17) is 16.3 Å². The van der Waals surface area contributed by atoms with Gasteiger partial charge in [0, 0.05) is 30.0 Å². The fraction of sp³-hybridized carbons (Fsp3) is 0.312. The first-order valence-electron chi connectivity index (χ1n) is 7.45. The van der Waals surface area contributed by atoms with Crippen LogP contribution in [0.2, 0.25) is 5.02 Å². The highest BCUT2D eigenvalue weighted by atomic mass is 35.5. The molecular weight excluding hydrogens is 316 g/mol. The molecule has 6 nitrogen and oxygen atoms in total. The molecule has 7 heteroatoms. The van der Waals surface area contributed by atoms with E-state index in [1.54, 1.807) is 24.3 Å². The maximum Gasteiger partial charge on any atom is 0.272 e. The van der Waals surface area contributed by atoms with Crippen molar-refractivity contribution in [1.82, 2.24) is 15.5 Å². The van der Waals surface area contributed by atoms with Gasteiger partial charge in [0.25, 0.3) is 5.91 Å². The lowest BCUT2D eigenvalue weighted by molar-refractivity contribution is 0.0693. The summed E-state index contributed by atoms with van der Waals surface area (Å²) in [6.45, 7) is 1.36. The Balaban J connectivity index is 1.61. The molecule has 0 saturated carbocycles. The summed E-state index contributed by atoms with van der Waals surface area (Å²) < 4.78 is 5.27. The zero-order valence-corrected chi connectivity index (χ0v) is 13.2. The molecule has 1 aromatic carbocycles. The van der Waals surface area contributed by atoms with Gasteiger partial charge in [0.1, 0.15) is 0 Å². The summed E-state index contributed by atoms with van der Waals surface area (Å²) in [5.74, 6) is 0.341. The number of aromatic nitrogens is 2. The van der Waals surface area contributed by atoms with Crippen molar-refractivity contribution in [3.8, 4) is 0 Å². The Hall–Kier alpha value is -2.18. The SMILES string of the molecule is O=C(NC1CCOCC1)c1ccc(Nc2cccc(Cl)c2)nn1. The summed E-state index contributed by atoms with van der Waals surface area (Å²) in [6, 6.07) is 10.8. The molecule has 1 saturated heterocycles. The van der Waals surface area contributed by atoms with Crippen molar-refractivity contribution in [2.45, 2.75) is 18.9 Å². The molecule has 1 aromatic heterocycles. The Labute approximate surface area is 139 Å². The first-order chi connectivity index (χ1) is 11.2. The zero-order chi connectivity index (χ0) is 16.1. The third-order valence-electron chi connectivity index (χ3n) is 3.55. The number of rotatable bonds is 4. The molecule has 1 aliphatic rings. The maximum absolute atomic E-state index is 12.1.